The van der Waals surface area contributed by atoms with Crippen molar-refractivity contribution in [3.05, 3.63) is 137 Å². The van der Waals surface area contributed by atoms with Gasteiger partial charge in [-0.05, 0) is 59.9 Å². The number of hydrogen-bond donors (Lipinski definition) is 1. The van der Waals surface area contributed by atoms with Crippen molar-refractivity contribution in [1.29, 1.82) is 0 Å². The van der Waals surface area contributed by atoms with Crippen molar-refractivity contribution in [3.8, 4) is 5.75 Å². The van der Waals surface area contributed by atoms with E-state index in [0.717, 1.165) is 24.0 Å². The molecule has 5 aromatic rings. The fourth-order valence-electron chi connectivity index (χ4n) is 6.40. The molecule has 4 aromatic carbocycles. The van der Waals surface area contributed by atoms with Crippen LogP contribution < -0.4 is 4.74 Å². The summed E-state index contributed by atoms with van der Waals surface area (Å²) in [4.78, 5) is 52.2. The lowest BCUT2D eigenvalue weighted by atomic mass is 9.98. The molecule has 5 rings (SSSR count). The number of esters is 1. The molecular formula is C44H47NO7. The molecule has 0 aliphatic rings. The van der Waals surface area contributed by atoms with Crippen LogP contribution in [-0.2, 0) is 40.3 Å². The van der Waals surface area contributed by atoms with E-state index in [1.165, 1.54) is 49.8 Å². The Morgan fingerprint density at radius 2 is 1.38 bits per heavy atom. The molecule has 0 aliphatic heterocycles. The highest BCUT2D eigenvalue weighted by Gasteiger charge is 2.25. The van der Waals surface area contributed by atoms with Crippen molar-refractivity contribution in [2.75, 3.05) is 6.61 Å². The molecule has 0 spiro atoms. The number of aromatic carboxylic acids is 1. The maximum atomic E-state index is 14.0. The zero-order valence-corrected chi connectivity index (χ0v) is 29.9. The van der Waals surface area contributed by atoms with Gasteiger partial charge in [-0.2, -0.15) is 0 Å². The number of ether oxygens (including phenoxy) is 2. The van der Waals surface area contributed by atoms with Crippen LogP contribution in [0, 0.1) is 0 Å². The van der Waals surface area contributed by atoms with Gasteiger partial charge in [0.05, 0.1) is 18.5 Å². The first-order valence-corrected chi connectivity index (χ1v) is 18.2. The third-order valence-corrected chi connectivity index (χ3v) is 9.19. The van der Waals surface area contributed by atoms with E-state index in [9.17, 15) is 24.3 Å². The van der Waals surface area contributed by atoms with Crippen LogP contribution in [0.15, 0.2) is 103 Å². The maximum absolute atomic E-state index is 14.0. The number of carbonyl (C=O) groups excluding carboxylic acids is 3. The number of carboxylic acids is 1. The van der Waals surface area contributed by atoms with E-state index in [0.29, 0.717) is 34.3 Å². The fourth-order valence-corrected chi connectivity index (χ4v) is 6.40. The Morgan fingerprint density at radius 1 is 0.712 bits per heavy atom. The summed E-state index contributed by atoms with van der Waals surface area (Å²) in [6, 6.07) is 31.3. The summed E-state index contributed by atoms with van der Waals surface area (Å²) in [7, 11) is 0. The molecule has 0 unspecified atom stereocenters. The molecule has 270 valence electrons. The highest BCUT2D eigenvalue weighted by Crippen LogP contribution is 2.31. The van der Waals surface area contributed by atoms with Crippen LogP contribution in [0.5, 0.6) is 5.75 Å². The summed E-state index contributed by atoms with van der Waals surface area (Å²) >= 11 is 0. The van der Waals surface area contributed by atoms with Crippen LogP contribution in [0.4, 0.5) is 0 Å². The number of aryl methyl sites for hydroxylation is 1. The monoisotopic (exact) mass is 701 g/mol. The third-order valence-electron chi connectivity index (χ3n) is 9.19. The standard InChI is InChI=1S/C44H47NO7/c1-2-3-4-5-6-9-14-32-19-22-37(23-20-32)51-31-36(46)29-45-39-24-21-35(44(49)50)28-38(39)43(40(45)27-33-15-10-7-11-16-33)41(47)25-26-42(48)52-30-34-17-12-8-13-18-34/h7-8,10-13,15-24,28H,2-6,9,14,25-27,29-31H2,1H3,(H,49,50). The average molecular weight is 702 g/mol. The summed E-state index contributed by atoms with van der Waals surface area (Å²) in [5.74, 6) is -1.60. The van der Waals surface area contributed by atoms with Gasteiger partial charge in [0.2, 0.25) is 0 Å². The minimum Gasteiger partial charge on any atom is -0.486 e. The van der Waals surface area contributed by atoms with Crippen LogP contribution in [-0.4, -0.2) is 39.8 Å². The second kappa shape index (κ2) is 19.2. The molecule has 1 aromatic heterocycles. The number of Topliss-reactive ketones (excluding diaryl/α,β-unsaturated/α-hetero) is 2. The topological polar surface area (TPSA) is 112 Å². The SMILES string of the molecule is CCCCCCCCc1ccc(OCC(=O)Cn2c(Cc3ccccc3)c(C(=O)CCC(=O)OCc3ccccc3)c3cc(C(=O)O)ccc32)cc1. The summed E-state index contributed by atoms with van der Waals surface area (Å²) in [5.41, 5.74) is 4.42. The number of nitrogens with zero attached hydrogens (tertiary/aromatic N) is 1. The number of rotatable bonds is 21. The molecule has 0 radical (unpaired) electrons. The van der Waals surface area contributed by atoms with E-state index in [1.54, 1.807) is 10.6 Å². The van der Waals surface area contributed by atoms with E-state index < -0.39 is 11.9 Å². The first-order chi connectivity index (χ1) is 25.3. The Hall–Kier alpha value is -5.50. The third kappa shape index (κ3) is 10.8. The number of ketones is 2. The van der Waals surface area contributed by atoms with Gasteiger partial charge in [0, 0.05) is 35.0 Å². The first-order valence-electron chi connectivity index (χ1n) is 18.2. The molecule has 0 bridgehead atoms. The normalized spacial score (nSPS) is 11.0. The van der Waals surface area contributed by atoms with Gasteiger partial charge < -0.3 is 19.1 Å². The van der Waals surface area contributed by atoms with Gasteiger partial charge in [0.15, 0.2) is 11.6 Å². The lowest BCUT2D eigenvalue weighted by molar-refractivity contribution is -0.144. The fraction of sp³-hybridized carbons (Fsp3) is 0.318. The zero-order valence-electron chi connectivity index (χ0n) is 29.9. The molecule has 0 amide bonds. The number of unbranched alkanes of at least 4 members (excludes halogenated alkanes) is 5. The molecule has 8 nitrogen and oxygen atoms in total. The molecule has 1 heterocycles. The minimum atomic E-state index is -1.13. The summed E-state index contributed by atoms with van der Waals surface area (Å²) in [6.45, 7) is 2.05. The number of aromatic nitrogens is 1. The Kier molecular flexibility index (Phi) is 13.9. The number of carboxylic acid groups (broad SMARTS) is 1. The number of fused-ring (bicyclic) bond motifs is 1. The van der Waals surface area contributed by atoms with E-state index in [4.69, 9.17) is 9.47 Å². The number of carbonyl (C=O) groups is 4. The highest BCUT2D eigenvalue weighted by molar-refractivity contribution is 6.11. The summed E-state index contributed by atoms with van der Waals surface area (Å²) < 4.78 is 13.1. The molecule has 0 aliphatic carbocycles. The van der Waals surface area contributed by atoms with E-state index >= 15 is 0 Å². The summed E-state index contributed by atoms with van der Waals surface area (Å²) in [6.07, 6.45) is 8.49. The van der Waals surface area contributed by atoms with Gasteiger partial charge in [-0.1, -0.05) is 112 Å². The van der Waals surface area contributed by atoms with Crippen molar-refractivity contribution in [1.82, 2.24) is 4.57 Å². The van der Waals surface area contributed by atoms with Crippen LogP contribution in [0.1, 0.15) is 101 Å². The van der Waals surface area contributed by atoms with E-state index in [2.05, 4.69) is 6.92 Å². The van der Waals surface area contributed by atoms with Crippen LogP contribution >= 0.6 is 0 Å². The smallest absolute Gasteiger partial charge is 0.335 e. The second-order valence-corrected chi connectivity index (χ2v) is 13.2. The Balaban J connectivity index is 1.33. The van der Waals surface area contributed by atoms with Crippen LogP contribution in [0.25, 0.3) is 10.9 Å². The van der Waals surface area contributed by atoms with Crippen molar-refractivity contribution in [3.63, 3.8) is 0 Å². The molecular weight excluding hydrogens is 654 g/mol. The zero-order chi connectivity index (χ0) is 36.7. The largest absolute Gasteiger partial charge is 0.486 e. The van der Waals surface area contributed by atoms with Gasteiger partial charge in [-0.3, -0.25) is 14.4 Å². The molecule has 8 heteroatoms. The molecule has 52 heavy (non-hydrogen) atoms. The van der Waals surface area contributed by atoms with E-state index in [-0.39, 0.29) is 49.7 Å². The Labute approximate surface area is 305 Å². The van der Waals surface area contributed by atoms with Gasteiger partial charge in [0.1, 0.15) is 19.0 Å². The van der Waals surface area contributed by atoms with Crippen LogP contribution in [0.2, 0.25) is 0 Å². The van der Waals surface area contributed by atoms with Gasteiger partial charge in [0.25, 0.3) is 0 Å². The molecule has 0 atom stereocenters. The van der Waals surface area contributed by atoms with Crippen molar-refractivity contribution in [2.24, 2.45) is 0 Å². The van der Waals surface area contributed by atoms with Gasteiger partial charge in [-0.15, -0.1) is 0 Å². The Morgan fingerprint density at radius 3 is 2.08 bits per heavy atom. The molecule has 1 N–H and O–H groups in total. The first kappa shape index (κ1) is 37.7. The number of benzene rings is 4. The van der Waals surface area contributed by atoms with Gasteiger partial charge in [-0.25, -0.2) is 4.79 Å². The Bertz CT molecular complexity index is 1950. The predicted molar refractivity (Wildman–Crippen MR) is 202 cm³/mol. The lowest BCUT2D eigenvalue weighted by Crippen LogP contribution is -2.20. The van der Waals surface area contributed by atoms with E-state index in [1.807, 2.05) is 84.9 Å². The average Bonchev–Trinajstić information content (AvgIpc) is 3.46. The molecule has 0 fully saturated rings. The maximum Gasteiger partial charge on any atom is 0.335 e. The van der Waals surface area contributed by atoms with Crippen molar-refractivity contribution >= 4 is 34.4 Å². The molecule has 0 saturated carbocycles. The van der Waals surface area contributed by atoms with Crippen molar-refractivity contribution in [2.45, 2.75) is 84.3 Å². The minimum absolute atomic E-state index is 0.0156. The van der Waals surface area contributed by atoms with Crippen molar-refractivity contribution < 1.29 is 33.8 Å². The molecule has 0 saturated heterocycles. The predicted octanol–water partition coefficient (Wildman–Crippen LogP) is 9.19. The van der Waals surface area contributed by atoms with Crippen LogP contribution in [0.3, 0.4) is 0 Å². The van der Waals surface area contributed by atoms with Gasteiger partial charge >= 0.3 is 11.9 Å². The lowest BCUT2D eigenvalue weighted by Gasteiger charge is -2.13. The summed E-state index contributed by atoms with van der Waals surface area (Å²) in [5, 5.41) is 10.2. The second-order valence-electron chi connectivity index (χ2n) is 13.2. The quantitative estimate of drug-likeness (QED) is 0.0461. The highest BCUT2D eigenvalue weighted by atomic mass is 16.5. The number of hydrogen-bond acceptors (Lipinski definition) is 6.